The lowest BCUT2D eigenvalue weighted by atomic mass is 10.2. The van der Waals surface area contributed by atoms with Gasteiger partial charge in [0.15, 0.2) is 5.11 Å². The summed E-state index contributed by atoms with van der Waals surface area (Å²) in [6.07, 6.45) is 0. The largest absolute Gasteiger partial charge is 0.332 e. The number of halogens is 3. The van der Waals surface area contributed by atoms with E-state index in [0.29, 0.717) is 26.7 Å². The molecule has 0 amide bonds. The highest BCUT2D eigenvalue weighted by Gasteiger charge is 2.14. The van der Waals surface area contributed by atoms with E-state index in [1.807, 2.05) is 55.8 Å². The fourth-order valence-corrected chi connectivity index (χ4v) is 3.51. The van der Waals surface area contributed by atoms with E-state index >= 15 is 0 Å². The zero-order valence-electron chi connectivity index (χ0n) is 15.6. The molecule has 2 N–H and O–H groups in total. The summed E-state index contributed by atoms with van der Waals surface area (Å²) in [5.41, 5.74) is 5.54. The Kier molecular flexibility index (Phi) is 6.50. The Morgan fingerprint density at radius 2 is 1.71 bits per heavy atom. The minimum atomic E-state index is 0.472. The number of nitrogens with one attached hydrogen (secondary N) is 2. The maximum absolute atomic E-state index is 6.17. The van der Waals surface area contributed by atoms with Crippen LogP contribution in [0.2, 0.25) is 15.1 Å². The van der Waals surface area contributed by atoms with Crippen LogP contribution >= 0.6 is 47.0 Å². The summed E-state index contributed by atoms with van der Waals surface area (Å²) in [6.45, 7) is 6.47. The molecule has 3 rings (SSSR count). The van der Waals surface area contributed by atoms with Crippen molar-refractivity contribution in [3.05, 3.63) is 74.0 Å². The molecular formula is C20H19Cl3N4S. The highest BCUT2D eigenvalue weighted by atomic mass is 35.5. The number of nitrogens with zero attached hydrogens (tertiary/aromatic N) is 2. The molecular weight excluding hydrogens is 435 g/mol. The molecule has 4 nitrogen and oxygen atoms in total. The molecule has 1 aromatic heterocycles. The third-order valence-corrected chi connectivity index (χ3v) is 5.72. The van der Waals surface area contributed by atoms with Gasteiger partial charge < -0.3 is 10.6 Å². The van der Waals surface area contributed by atoms with Crippen molar-refractivity contribution < 1.29 is 0 Å². The molecule has 0 aliphatic rings. The van der Waals surface area contributed by atoms with Crippen LogP contribution in [0.3, 0.4) is 0 Å². The molecule has 28 heavy (non-hydrogen) atoms. The first kappa shape index (κ1) is 20.9. The number of aromatic nitrogens is 2. The number of hydrogen-bond donors (Lipinski definition) is 2. The minimum Gasteiger partial charge on any atom is -0.332 e. The molecule has 0 aliphatic heterocycles. The van der Waals surface area contributed by atoms with Gasteiger partial charge in [-0.05, 0) is 68.4 Å². The molecule has 146 valence electrons. The fraction of sp³-hybridized carbons (Fsp3) is 0.200. The second-order valence-electron chi connectivity index (χ2n) is 6.50. The van der Waals surface area contributed by atoms with Crippen LogP contribution in [-0.4, -0.2) is 14.9 Å². The molecule has 0 atom stereocenters. The Morgan fingerprint density at radius 1 is 0.964 bits per heavy atom. The standard InChI is InChI=1S/C20H19Cl3N4S/c1-11-4-6-15(9-17(11)22)24-20(28)25-19-12(2)26-27(13(19)3)10-14-5-7-16(21)18(23)8-14/h4-9H,10H2,1-3H3,(H2,24,25,28). The van der Waals surface area contributed by atoms with Gasteiger partial charge in [-0.25, -0.2) is 0 Å². The Balaban J connectivity index is 1.74. The van der Waals surface area contributed by atoms with Gasteiger partial charge in [-0.15, -0.1) is 0 Å². The van der Waals surface area contributed by atoms with E-state index in [9.17, 15) is 0 Å². The second-order valence-corrected chi connectivity index (χ2v) is 8.12. The summed E-state index contributed by atoms with van der Waals surface area (Å²) in [6, 6.07) is 11.3. The maximum Gasteiger partial charge on any atom is 0.175 e. The van der Waals surface area contributed by atoms with Crippen LogP contribution in [0.15, 0.2) is 36.4 Å². The molecule has 1 heterocycles. The number of hydrogen-bond acceptors (Lipinski definition) is 2. The minimum absolute atomic E-state index is 0.472. The number of thiocarbonyl (C=S) groups is 1. The molecule has 0 saturated heterocycles. The van der Waals surface area contributed by atoms with Crippen LogP contribution in [-0.2, 0) is 6.54 Å². The van der Waals surface area contributed by atoms with Crippen molar-refractivity contribution >= 4 is 63.5 Å². The van der Waals surface area contributed by atoms with Crippen LogP contribution < -0.4 is 10.6 Å². The molecule has 2 aromatic carbocycles. The lowest BCUT2D eigenvalue weighted by molar-refractivity contribution is 0.659. The molecule has 0 unspecified atom stereocenters. The van der Waals surface area contributed by atoms with Gasteiger partial charge in [0.1, 0.15) is 0 Å². The SMILES string of the molecule is Cc1ccc(NC(=S)Nc2c(C)nn(Cc3ccc(Cl)c(Cl)c3)c2C)cc1Cl. The van der Waals surface area contributed by atoms with Crippen molar-refractivity contribution in [2.24, 2.45) is 0 Å². The number of benzene rings is 2. The molecule has 0 fully saturated rings. The second kappa shape index (κ2) is 8.70. The third-order valence-electron chi connectivity index (χ3n) is 4.37. The lowest BCUT2D eigenvalue weighted by Crippen LogP contribution is -2.20. The van der Waals surface area contributed by atoms with Gasteiger partial charge in [-0.2, -0.15) is 5.10 Å². The van der Waals surface area contributed by atoms with Crippen LogP contribution in [0.5, 0.6) is 0 Å². The topological polar surface area (TPSA) is 41.9 Å². The van der Waals surface area contributed by atoms with E-state index in [0.717, 1.165) is 33.9 Å². The first-order chi connectivity index (χ1) is 13.2. The van der Waals surface area contributed by atoms with E-state index < -0.39 is 0 Å². The monoisotopic (exact) mass is 452 g/mol. The normalized spacial score (nSPS) is 10.8. The average molecular weight is 454 g/mol. The van der Waals surface area contributed by atoms with Crippen molar-refractivity contribution in [2.75, 3.05) is 10.6 Å². The number of rotatable bonds is 4. The van der Waals surface area contributed by atoms with Crippen molar-refractivity contribution in [3.8, 4) is 0 Å². The summed E-state index contributed by atoms with van der Waals surface area (Å²) < 4.78 is 1.91. The van der Waals surface area contributed by atoms with Gasteiger partial charge >= 0.3 is 0 Å². The van der Waals surface area contributed by atoms with Crippen LogP contribution in [0.25, 0.3) is 0 Å². The van der Waals surface area contributed by atoms with Crippen LogP contribution in [0.1, 0.15) is 22.5 Å². The van der Waals surface area contributed by atoms with Crippen LogP contribution in [0.4, 0.5) is 11.4 Å². The van der Waals surface area contributed by atoms with Crippen molar-refractivity contribution in [1.29, 1.82) is 0 Å². The molecule has 0 saturated carbocycles. The lowest BCUT2D eigenvalue weighted by Gasteiger charge is -2.12. The van der Waals surface area contributed by atoms with Gasteiger partial charge in [-0.3, -0.25) is 4.68 Å². The Bertz CT molecular complexity index is 1050. The van der Waals surface area contributed by atoms with E-state index in [2.05, 4.69) is 15.7 Å². The van der Waals surface area contributed by atoms with Gasteiger partial charge in [0.2, 0.25) is 0 Å². The van der Waals surface area contributed by atoms with Gasteiger partial charge in [0.05, 0.1) is 33.7 Å². The number of aryl methyl sites for hydroxylation is 2. The van der Waals surface area contributed by atoms with Gasteiger partial charge in [0.25, 0.3) is 0 Å². The number of anilines is 2. The predicted molar refractivity (Wildman–Crippen MR) is 123 cm³/mol. The summed E-state index contributed by atoms with van der Waals surface area (Å²) >= 11 is 23.7. The molecule has 0 spiro atoms. The Labute approximate surface area is 184 Å². The third kappa shape index (κ3) is 4.78. The quantitative estimate of drug-likeness (QED) is 0.435. The van der Waals surface area contributed by atoms with E-state index in [1.54, 1.807) is 6.07 Å². The summed E-state index contributed by atoms with van der Waals surface area (Å²) in [5, 5.41) is 13.2. The smallest absolute Gasteiger partial charge is 0.175 e. The van der Waals surface area contributed by atoms with E-state index in [4.69, 9.17) is 47.0 Å². The molecule has 3 aromatic rings. The summed E-state index contributed by atoms with van der Waals surface area (Å²) in [7, 11) is 0. The van der Waals surface area contributed by atoms with Gasteiger partial charge in [-0.1, -0.05) is 46.9 Å². The Hall–Kier alpha value is -1.79. The fourth-order valence-electron chi connectivity index (χ4n) is 2.79. The van der Waals surface area contributed by atoms with E-state index in [1.165, 1.54) is 0 Å². The first-order valence-electron chi connectivity index (χ1n) is 8.56. The first-order valence-corrected chi connectivity index (χ1v) is 10.1. The molecule has 0 aliphatic carbocycles. The highest BCUT2D eigenvalue weighted by Crippen LogP contribution is 2.25. The molecule has 0 bridgehead atoms. The summed E-state index contributed by atoms with van der Waals surface area (Å²) in [4.78, 5) is 0. The molecule has 8 heteroatoms. The highest BCUT2D eigenvalue weighted by molar-refractivity contribution is 7.80. The average Bonchev–Trinajstić information content (AvgIpc) is 2.89. The molecule has 0 radical (unpaired) electrons. The zero-order chi connectivity index (χ0) is 20.4. The van der Waals surface area contributed by atoms with Gasteiger partial charge in [0, 0.05) is 10.7 Å². The zero-order valence-corrected chi connectivity index (χ0v) is 18.7. The summed E-state index contributed by atoms with van der Waals surface area (Å²) in [5.74, 6) is 0. The maximum atomic E-state index is 6.17. The Morgan fingerprint density at radius 3 is 2.39 bits per heavy atom. The van der Waals surface area contributed by atoms with E-state index in [-0.39, 0.29) is 0 Å². The van der Waals surface area contributed by atoms with Crippen LogP contribution in [0, 0.1) is 20.8 Å². The van der Waals surface area contributed by atoms with Crippen molar-refractivity contribution in [3.63, 3.8) is 0 Å². The van der Waals surface area contributed by atoms with Crippen molar-refractivity contribution in [1.82, 2.24) is 9.78 Å². The predicted octanol–water partition coefficient (Wildman–Crippen LogP) is 6.63. The van der Waals surface area contributed by atoms with Crippen molar-refractivity contribution in [2.45, 2.75) is 27.3 Å².